The maximum Gasteiger partial charge on any atom is 0.341 e. The molecule has 0 aliphatic heterocycles. The molecule has 2 aromatic rings. The summed E-state index contributed by atoms with van der Waals surface area (Å²) in [7, 11) is 4.68. The van der Waals surface area contributed by atoms with E-state index in [2.05, 4.69) is 5.10 Å². The number of ketones is 1. The number of hydrogen-bond donors (Lipinski definition) is 0. The fourth-order valence-corrected chi connectivity index (χ4v) is 1.83. The van der Waals surface area contributed by atoms with Crippen molar-refractivity contribution < 1.29 is 23.8 Å². The Morgan fingerprint density at radius 1 is 1.14 bits per heavy atom. The first-order chi connectivity index (χ1) is 10.5. The average molecular weight is 304 g/mol. The molecule has 0 aliphatic carbocycles. The van der Waals surface area contributed by atoms with E-state index in [-0.39, 0.29) is 12.4 Å². The molecule has 7 nitrogen and oxygen atoms in total. The third kappa shape index (κ3) is 3.43. The zero-order valence-electron chi connectivity index (χ0n) is 12.5. The van der Waals surface area contributed by atoms with Gasteiger partial charge in [0.25, 0.3) is 0 Å². The molecule has 0 bridgehead atoms. The first-order valence-corrected chi connectivity index (χ1v) is 6.46. The molecule has 0 N–H and O–H groups in total. The van der Waals surface area contributed by atoms with Crippen molar-refractivity contribution in [1.29, 1.82) is 0 Å². The lowest BCUT2D eigenvalue weighted by molar-refractivity contribution is 0.0474. The van der Waals surface area contributed by atoms with E-state index < -0.39 is 5.97 Å². The highest BCUT2D eigenvalue weighted by Crippen LogP contribution is 2.27. The SMILES string of the molecule is COc1ccc(C(=O)COC(=O)c2cnn(C)c2)cc1OC. The van der Waals surface area contributed by atoms with Crippen LogP contribution in [-0.4, -0.2) is 42.4 Å². The molecule has 0 fully saturated rings. The van der Waals surface area contributed by atoms with Gasteiger partial charge in [0.2, 0.25) is 0 Å². The van der Waals surface area contributed by atoms with Crippen molar-refractivity contribution in [3.8, 4) is 11.5 Å². The number of rotatable bonds is 6. The van der Waals surface area contributed by atoms with Crippen molar-refractivity contribution in [2.45, 2.75) is 0 Å². The highest BCUT2D eigenvalue weighted by atomic mass is 16.5. The van der Waals surface area contributed by atoms with Crippen LogP contribution in [0.1, 0.15) is 20.7 Å². The van der Waals surface area contributed by atoms with E-state index in [0.29, 0.717) is 22.6 Å². The molecule has 1 aromatic carbocycles. The zero-order chi connectivity index (χ0) is 16.1. The number of aryl methyl sites for hydroxylation is 1. The number of nitrogens with zero attached hydrogens (tertiary/aromatic N) is 2. The molecule has 22 heavy (non-hydrogen) atoms. The molecule has 0 spiro atoms. The van der Waals surface area contributed by atoms with Crippen LogP contribution in [0.4, 0.5) is 0 Å². The fraction of sp³-hybridized carbons (Fsp3) is 0.267. The summed E-state index contributed by atoms with van der Waals surface area (Å²) in [5.74, 6) is 0.0264. The van der Waals surface area contributed by atoms with Crippen LogP contribution in [0.25, 0.3) is 0 Å². The zero-order valence-corrected chi connectivity index (χ0v) is 12.5. The summed E-state index contributed by atoms with van der Waals surface area (Å²) in [6.45, 7) is -0.358. The normalized spacial score (nSPS) is 10.1. The minimum atomic E-state index is -0.595. The summed E-state index contributed by atoms with van der Waals surface area (Å²) in [4.78, 5) is 23.8. The van der Waals surface area contributed by atoms with Gasteiger partial charge in [0, 0.05) is 18.8 Å². The second-order valence-electron chi connectivity index (χ2n) is 4.47. The molecule has 0 aliphatic rings. The van der Waals surface area contributed by atoms with Gasteiger partial charge in [-0.05, 0) is 18.2 Å². The first kappa shape index (κ1) is 15.6. The second kappa shape index (κ2) is 6.75. The number of carbonyl (C=O) groups excluding carboxylic acids is 2. The molecule has 7 heteroatoms. The molecule has 1 heterocycles. The van der Waals surface area contributed by atoms with Gasteiger partial charge in [0.15, 0.2) is 23.9 Å². The van der Waals surface area contributed by atoms with Gasteiger partial charge in [-0.1, -0.05) is 0 Å². The minimum absolute atomic E-state index is 0.294. The average Bonchev–Trinajstić information content (AvgIpc) is 2.98. The predicted molar refractivity (Wildman–Crippen MR) is 77.4 cm³/mol. The Morgan fingerprint density at radius 3 is 2.45 bits per heavy atom. The van der Waals surface area contributed by atoms with Crippen molar-refractivity contribution in [3.05, 3.63) is 41.7 Å². The second-order valence-corrected chi connectivity index (χ2v) is 4.47. The molecule has 0 radical (unpaired) electrons. The molecule has 0 saturated carbocycles. The van der Waals surface area contributed by atoms with E-state index >= 15 is 0 Å². The number of benzene rings is 1. The van der Waals surface area contributed by atoms with Crippen LogP contribution in [0.3, 0.4) is 0 Å². The third-order valence-electron chi connectivity index (χ3n) is 2.98. The number of Topliss-reactive ketones (excluding diaryl/α,β-unsaturated/α-hetero) is 1. The third-order valence-corrected chi connectivity index (χ3v) is 2.98. The van der Waals surface area contributed by atoms with Crippen LogP contribution >= 0.6 is 0 Å². The number of esters is 1. The van der Waals surface area contributed by atoms with Crippen LogP contribution in [-0.2, 0) is 11.8 Å². The number of ether oxygens (including phenoxy) is 3. The standard InChI is InChI=1S/C15H16N2O5/c1-17-8-11(7-16-17)15(19)22-9-12(18)10-4-5-13(20-2)14(6-10)21-3/h4-8H,9H2,1-3H3. The Kier molecular flexibility index (Phi) is 4.77. The van der Waals surface area contributed by atoms with Crippen LogP contribution in [0, 0.1) is 0 Å². The molecule has 0 amide bonds. The summed E-state index contributed by atoms with van der Waals surface area (Å²) in [6.07, 6.45) is 2.90. The van der Waals surface area contributed by atoms with Crippen molar-refractivity contribution in [3.63, 3.8) is 0 Å². The quantitative estimate of drug-likeness (QED) is 0.594. The van der Waals surface area contributed by atoms with Crippen LogP contribution < -0.4 is 9.47 Å². The summed E-state index contributed by atoms with van der Waals surface area (Å²) in [5, 5.41) is 3.87. The number of hydrogen-bond acceptors (Lipinski definition) is 6. The molecular formula is C15H16N2O5. The highest BCUT2D eigenvalue weighted by molar-refractivity contribution is 5.99. The lowest BCUT2D eigenvalue weighted by atomic mass is 10.1. The maximum absolute atomic E-state index is 12.1. The van der Waals surface area contributed by atoms with Crippen LogP contribution in [0.15, 0.2) is 30.6 Å². The van der Waals surface area contributed by atoms with Gasteiger partial charge >= 0.3 is 5.97 Å². The fourth-order valence-electron chi connectivity index (χ4n) is 1.83. The van der Waals surface area contributed by atoms with Gasteiger partial charge in [0.05, 0.1) is 26.0 Å². The van der Waals surface area contributed by atoms with E-state index in [9.17, 15) is 9.59 Å². The summed E-state index contributed by atoms with van der Waals surface area (Å²) in [5.41, 5.74) is 0.666. The molecular weight excluding hydrogens is 288 g/mol. The lowest BCUT2D eigenvalue weighted by Gasteiger charge is -2.09. The molecule has 2 rings (SSSR count). The van der Waals surface area contributed by atoms with E-state index in [4.69, 9.17) is 14.2 Å². The predicted octanol–water partition coefficient (Wildman–Crippen LogP) is 1.48. The molecule has 0 atom stereocenters. The van der Waals surface area contributed by atoms with E-state index in [1.54, 1.807) is 25.2 Å². The van der Waals surface area contributed by atoms with Crippen molar-refractivity contribution in [2.24, 2.45) is 7.05 Å². The van der Waals surface area contributed by atoms with Gasteiger partial charge < -0.3 is 14.2 Å². The molecule has 0 saturated heterocycles. The Hall–Kier alpha value is -2.83. The Bertz CT molecular complexity index is 693. The van der Waals surface area contributed by atoms with Gasteiger partial charge in [-0.25, -0.2) is 4.79 Å². The smallest absolute Gasteiger partial charge is 0.341 e. The number of methoxy groups -OCH3 is 2. The first-order valence-electron chi connectivity index (χ1n) is 6.46. The maximum atomic E-state index is 12.1. The summed E-state index contributed by atoms with van der Waals surface area (Å²) < 4.78 is 16.7. The molecule has 116 valence electrons. The van der Waals surface area contributed by atoms with E-state index in [1.165, 1.54) is 31.3 Å². The summed E-state index contributed by atoms with van der Waals surface area (Å²) >= 11 is 0. The summed E-state index contributed by atoms with van der Waals surface area (Å²) in [6, 6.07) is 4.75. The lowest BCUT2D eigenvalue weighted by Crippen LogP contribution is -2.14. The van der Waals surface area contributed by atoms with Gasteiger partial charge in [-0.2, -0.15) is 5.10 Å². The molecule has 0 unspecified atom stereocenters. The van der Waals surface area contributed by atoms with Crippen molar-refractivity contribution >= 4 is 11.8 Å². The van der Waals surface area contributed by atoms with Crippen molar-refractivity contribution in [2.75, 3.05) is 20.8 Å². The van der Waals surface area contributed by atoms with Crippen LogP contribution in [0.5, 0.6) is 11.5 Å². The number of aromatic nitrogens is 2. The largest absolute Gasteiger partial charge is 0.493 e. The van der Waals surface area contributed by atoms with Gasteiger partial charge in [-0.3, -0.25) is 9.48 Å². The van der Waals surface area contributed by atoms with E-state index in [0.717, 1.165) is 0 Å². The Morgan fingerprint density at radius 2 is 1.86 bits per heavy atom. The minimum Gasteiger partial charge on any atom is -0.493 e. The Balaban J connectivity index is 2.02. The monoisotopic (exact) mass is 304 g/mol. The Labute approximate surface area is 127 Å². The topological polar surface area (TPSA) is 79.7 Å². The highest BCUT2D eigenvalue weighted by Gasteiger charge is 2.15. The van der Waals surface area contributed by atoms with Crippen LogP contribution in [0.2, 0.25) is 0 Å². The van der Waals surface area contributed by atoms with E-state index in [1.807, 2.05) is 0 Å². The van der Waals surface area contributed by atoms with Crippen molar-refractivity contribution in [1.82, 2.24) is 9.78 Å². The molecule has 1 aromatic heterocycles. The van der Waals surface area contributed by atoms with Gasteiger partial charge in [-0.15, -0.1) is 0 Å². The van der Waals surface area contributed by atoms with Gasteiger partial charge in [0.1, 0.15) is 0 Å². The number of carbonyl (C=O) groups is 2.